The second-order valence-corrected chi connectivity index (χ2v) is 5.41. The Morgan fingerprint density at radius 2 is 1.82 bits per heavy atom. The minimum absolute atomic E-state index is 0.228. The van der Waals surface area contributed by atoms with Crippen molar-refractivity contribution in [2.75, 3.05) is 0 Å². The molecule has 0 unspecified atom stereocenters. The standard InChI is InChI=1S/C17H10Cl2O3/c18-12-8-11(9-13(19)10-12)16-6-4-14(22-16)3-5-15(20)17-2-1-7-21-17/h1-10H/b5-3+. The van der Waals surface area contributed by atoms with E-state index in [0.29, 0.717) is 21.6 Å². The highest BCUT2D eigenvalue weighted by Crippen LogP contribution is 2.28. The number of halogens is 2. The maximum Gasteiger partial charge on any atom is 0.221 e. The molecule has 3 nitrogen and oxygen atoms in total. The van der Waals surface area contributed by atoms with Crippen LogP contribution in [0.5, 0.6) is 0 Å². The monoisotopic (exact) mass is 332 g/mol. The average molecular weight is 333 g/mol. The van der Waals surface area contributed by atoms with Crippen LogP contribution in [0.1, 0.15) is 16.3 Å². The van der Waals surface area contributed by atoms with Crippen LogP contribution < -0.4 is 0 Å². The van der Waals surface area contributed by atoms with Crippen molar-refractivity contribution in [1.29, 1.82) is 0 Å². The fourth-order valence-corrected chi connectivity index (χ4v) is 2.48. The molecule has 0 aliphatic carbocycles. The SMILES string of the molecule is O=C(/C=C/c1ccc(-c2cc(Cl)cc(Cl)c2)o1)c1ccco1. The molecule has 0 saturated heterocycles. The molecule has 22 heavy (non-hydrogen) atoms. The molecule has 3 aromatic rings. The fraction of sp³-hybridized carbons (Fsp3) is 0. The number of furan rings is 2. The number of hydrogen-bond acceptors (Lipinski definition) is 3. The highest BCUT2D eigenvalue weighted by atomic mass is 35.5. The van der Waals surface area contributed by atoms with E-state index in [1.165, 1.54) is 12.3 Å². The molecule has 0 bridgehead atoms. The van der Waals surface area contributed by atoms with Crippen molar-refractivity contribution in [1.82, 2.24) is 0 Å². The van der Waals surface area contributed by atoms with Crippen LogP contribution in [0, 0.1) is 0 Å². The maximum atomic E-state index is 11.8. The van der Waals surface area contributed by atoms with Crippen LogP contribution in [0.15, 0.2) is 63.6 Å². The van der Waals surface area contributed by atoms with Gasteiger partial charge in [0.05, 0.1) is 6.26 Å². The molecule has 0 fully saturated rings. The first-order valence-corrected chi connectivity index (χ1v) is 7.19. The smallest absolute Gasteiger partial charge is 0.221 e. The zero-order valence-electron chi connectivity index (χ0n) is 11.3. The number of ketones is 1. The van der Waals surface area contributed by atoms with E-state index in [4.69, 9.17) is 32.0 Å². The van der Waals surface area contributed by atoms with Crippen molar-refractivity contribution in [3.05, 3.63) is 76.4 Å². The fourth-order valence-electron chi connectivity index (χ4n) is 1.95. The summed E-state index contributed by atoms with van der Waals surface area (Å²) in [5.74, 6) is 1.22. The van der Waals surface area contributed by atoms with Crippen LogP contribution in [0.3, 0.4) is 0 Å². The molecule has 0 radical (unpaired) electrons. The van der Waals surface area contributed by atoms with Gasteiger partial charge in [0.25, 0.3) is 0 Å². The van der Waals surface area contributed by atoms with Gasteiger partial charge in [-0.2, -0.15) is 0 Å². The van der Waals surface area contributed by atoms with Crippen LogP contribution in [0.4, 0.5) is 0 Å². The predicted molar refractivity (Wildman–Crippen MR) is 86.2 cm³/mol. The summed E-state index contributed by atoms with van der Waals surface area (Å²) in [5, 5.41) is 1.06. The first-order valence-electron chi connectivity index (χ1n) is 6.44. The van der Waals surface area contributed by atoms with Gasteiger partial charge >= 0.3 is 0 Å². The maximum absolute atomic E-state index is 11.8. The molecule has 5 heteroatoms. The number of hydrogen-bond donors (Lipinski definition) is 0. The van der Waals surface area contributed by atoms with Gasteiger partial charge in [0, 0.05) is 15.6 Å². The molecule has 2 aromatic heterocycles. The van der Waals surface area contributed by atoms with Crippen LogP contribution in [-0.2, 0) is 0 Å². The highest BCUT2D eigenvalue weighted by Gasteiger charge is 2.07. The van der Waals surface area contributed by atoms with Gasteiger partial charge in [0.2, 0.25) is 5.78 Å². The molecule has 0 N–H and O–H groups in total. The van der Waals surface area contributed by atoms with Crippen molar-refractivity contribution in [3.63, 3.8) is 0 Å². The van der Waals surface area contributed by atoms with Gasteiger partial charge in [-0.3, -0.25) is 4.79 Å². The third kappa shape index (κ3) is 3.32. The summed E-state index contributed by atoms with van der Waals surface area (Å²) >= 11 is 11.9. The molecule has 0 spiro atoms. The van der Waals surface area contributed by atoms with E-state index in [9.17, 15) is 4.79 Å². The minimum Gasteiger partial charge on any atom is -0.461 e. The molecule has 110 valence electrons. The third-order valence-electron chi connectivity index (χ3n) is 2.94. The summed E-state index contributed by atoms with van der Waals surface area (Å²) in [6.07, 6.45) is 4.43. The van der Waals surface area contributed by atoms with Crippen LogP contribution in [0.25, 0.3) is 17.4 Å². The predicted octanol–water partition coefficient (Wildman–Crippen LogP) is 5.74. The normalized spacial score (nSPS) is 11.2. The molecule has 0 aliphatic heterocycles. The Bertz CT molecular complexity index is 809. The lowest BCUT2D eigenvalue weighted by Gasteiger charge is -1.99. The van der Waals surface area contributed by atoms with Crippen LogP contribution in [0.2, 0.25) is 10.0 Å². The van der Waals surface area contributed by atoms with Crippen molar-refractivity contribution in [2.24, 2.45) is 0 Å². The number of rotatable bonds is 4. The Morgan fingerprint density at radius 3 is 2.50 bits per heavy atom. The van der Waals surface area contributed by atoms with Crippen molar-refractivity contribution >= 4 is 35.1 Å². The third-order valence-corrected chi connectivity index (χ3v) is 3.37. The Balaban J connectivity index is 1.80. The molecule has 0 atom stereocenters. The summed E-state index contributed by atoms with van der Waals surface area (Å²) in [5.41, 5.74) is 0.773. The van der Waals surface area contributed by atoms with Crippen molar-refractivity contribution in [2.45, 2.75) is 0 Å². The van der Waals surface area contributed by atoms with Crippen LogP contribution in [-0.4, -0.2) is 5.78 Å². The zero-order valence-corrected chi connectivity index (χ0v) is 12.8. The number of benzene rings is 1. The second kappa shape index (κ2) is 6.26. The lowest BCUT2D eigenvalue weighted by atomic mass is 10.2. The van der Waals surface area contributed by atoms with E-state index >= 15 is 0 Å². The van der Waals surface area contributed by atoms with Gasteiger partial charge < -0.3 is 8.83 Å². The highest BCUT2D eigenvalue weighted by molar-refractivity contribution is 6.35. The van der Waals surface area contributed by atoms with Gasteiger partial charge in [-0.1, -0.05) is 23.2 Å². The number of carbonyl (C=O) groups excluding carboxylic acids is 1. The van der Waals surface area contributed by atoms with Crippen molar-refractivity contribution < 1.29 is 13.6 Å². The van der Waals surface area contributed by atoms with Gasteiger partial charge in [-0.05, 0) is 54.6 Å². The Morgan fingerprint density at radius 1 is 1.05 bits per heavy atom. The summed E-state index contributed by atoms with van der Waals surface area (Å²) in [6.45, 7) is 0. The van der Waals surface area contributed by atoms with Gasteiger partial charge in [-0.25, -0.2) is 0 Å². The first kappa shape index (κ1) is 14.7. The lowest BCUT2D eigenvalue weighted by Crippen LogP contribution is -1.89. The van der Waals surface area contributed by atoms with Gasteiger partial charge in [0.1, 0.15) is 11.5 Å². The number of carbonyl (C=O) groups is 1. The zero-order chi connectivity index (χ0) is 15.5. The first-order chi connectivity index (χ1) is 10.6. The topological polar surface area (TPSA) is 43.4 Å². The van der Waals surface area contributed by atoms with Crippen molar-refractivity contribution in [3.8, 4) is 11.3 Å². The molecule has 0 aliphatic rings. The van der Waals surface area contributed by atoms with E-state index in [1.54, 1.807) is 48.5 Å². The Kier molecular flexibility index (Phi) is 4.18. The van der Waals surface area contributed by atoms with Crippen LogP contribution >= 0.6 is 23.2 Å². The molecular formula is C17H10Cl2O3. The largest absolute Gasteiger partial charge is 0.461 e. The summed E-state index contributed by atoms with van der Waals surface area (Å²) in [6, 6.07) is 12.0. The lowest BCUT2D eigenvalue weighted by molar-refractivity contribution is 0.102. The second-order valence-electron chi connectivity index (χ2n) is 4.54. The van der Waals surface area contributed by atoms with E-state index < -0.39 is 0 Å². The van der Waals surface area contributed by atoms with E-state index in [0.717, 1.165) is 5.56 Å². The van der Waals surface area contributed by atoms with E-state index in [2.05, 4.69) is 0 Å². The minimum atomic E-state index is -0.228. The van der Waals surface area contributed by atoms with E-state index in [-0.39, 0.29) is 11.5 Å². The molecule has 1 aromatic carbocycles. The number of allylic oxidation sites excluding steroid dienone is 1. The summed E-state index contributed by atoms with van der Waals surface area (Å²) in [4.78, 5) is 11.8. The molecule has 0 saturated carbocycles. The summed E-state index contributed by atoms with van der Waals surface area (Å²) < 4.78 is 10.7. The average Bonchev–Trinajstić information content (AvgIpc) is 3.15. The van der Waals surface area contributed by atoms with Gasteiger partial charge in [-0.15, -0.1) is 0 Å². The Hall–Kier alpha value is -2.23. The van der Waals surface area contributed by atoms with Gasteiger partial charge in [0.15, 0.2) is 5.76 Å². The molecule has 2 heterocycles. The van der Waals surface area contributed by atoms with E-state index in [1.807, 2.05) is 0 Å². The summed E-state index contributed by atoms with van der Waals surface area (Å²) in [7, 11) is 0. The molecular weight excluding hydrogens is 323 g/mol. The quantitative estimate of drug-likeness (QED) is 0.451. The molecule has 3 rings (SSSR count). The Labute approximate surface area is 136 Å². The molecule has 0 amide bonds.